The van der Waals surface area contributed by atoms with Gasteiger partial charge in [0.2, 0.25) is 0 Å². The Kier molecular flexibility index (Phi) is 4.33. The number of ether oxygens (including phenoxy) is 1. The van der Waals surface area contributed by atoms with E-state index >= 15 is 0 Å². The topological polar surface area (TPSA) is 21.3 Å². The summed E-state index contributed by atoms with van der Waals surface area (Å²) in [7, 11) is 0. The van der Waals surface area contributed by atoms with Gasteiger partial charge in [-0.15, -0.1) is 0 Å². The molecule has 0 bridgehead atoms. The molecule has 0 aliphatic heterocycles. The molecule has 2 heteroatoms. The van der Waals surface area contributed by atoms with Crippen molar-refractivity contribution in [2.75, 3.05) is 19.8 Å². The van der Waals surface area contributed by atoms with Crippen LogP contribution in [0.3, 0.4) is 0 Å². The summed E-state index contributed by atoms with van der Waals surface area (Å²) in [6.45, 7) is 8.55. The zero-order valence-electron chi connectivity index (χ0n) is 7.94. The summed E-state index contributed by atoms with van der Waals surface area (Å²) in [6, 6.07) is 0.771. The van der Waals surface area contributed by atoms with Crippen LogP contribution in [0.5, 0.6) is 0 Å². The maximum atomic E-state index is 5.36. The molecule has 0 radical (unpaired) electrons. The lowest BCUT2D eigenvalue weighted by molar-refractivity contribution is 0.155. The van der Waals surface area contributed by atoms with E-state index in [1.807, 2.05) is 0 Å². The van der Waals surface area contributed by atoms with Crippen molar-refractivity contribution < 1.29 is 4.74 Å². The van der Waals surface area contributed by atoms with Crippen LogP contribution in [0.4, 0.5) is 0 Å². The highest BCUT2D eigenvalue weighted by atomic mass is 16.5. The minimum absolute atomic E-state index is 0.716. The molecule has 0 atom stereocenters. The maximum Gasteiger partial charge on any atom is 0.0686 e. The van der Waals surface area contributed by atoms with Crippen molar-refractivity contribution >= 4 is 0 Å². The summed E-state index contributed by atoms with van der Waals surface area (Å²) in [4.78, 5) is 0. The Labute approximate surface area is 75.0 Å². The van der Waals surface area contributed by atoms with Crippen molar-refractivity contribution in [3.05, 3.63) is 12.2 Å². The Morgan fingerprint density at radius 2 is 2.33 bits per heavy atom. The van der Waals surface area contributed by atoms with Crippen LogP contribution in [0.1, 0.15) is 26.2 Å². The standard InChI is InChI=1S/C10H19NO/c1-3-6-12-8-9(2)7-11-10-4-5-10/h10-11H,2-8H2,1H3. The predicted octanol–water partition coefficient (Wildman–Crippen LogP) is 1.72. The molecular weight excluding hydrogens is 150 g/mol. The van der Waals surface area contributed by atoms with Gasteiger partial charge in [-0.25, -0.2) is 0 Å². The molecule has 0 amide bonds. The summed E-state index contributed by atoms with van der Waals surface area (Å²) in [5.41, 5.74) is 1.16. The van der Waals surface area contributed by atoms with Gasteiger partial charge in [0.25, 0.3) is 0 Å². The third kappa shape index (κ3) is 4.52. The zero-order chi connectivity index (χ0) is 8.81. The smallest absolute Gasteiger partial charge is 0.0686 e. The van der Waals surface area contributed by atoms with Gasteiger partial charge in [-0.2, -0.15) is 0 Å². The Balaban J connectivity index is 1.88. The van der Waals surface area contributed by atoms with Crippen molar-refractivity contribution in [2.24, 2.45) is 0 Å². The second-order valence-corrected chi connectivity index (χ2v) is 3.46. The average Bonchev–Trinajstić information content (AvgIpc) is 2.84. The molecule has 1 saturated carbocycles. The van der Waals surface area contributed by atoms with Crippen LogP contribution in [0.2, 0.25) is 0 Å². The van der Waals surface area contributed by atoms with Crippen LogP contribution >= 0.6 is 0 Å². The number of nitrogens with one attached hydrogen (secondary N) is 1. The van der Waals surface area contributed by atoms with Crippen molar-refractivity contribution in [1.82, 2.24) is 5.32 Å². The summed E-state index contributed by atoms with van der Waals surface area (Å²) < 4.78 is 5.36. The van der Waals surface area contributed by atoms with Crippen LogP contribution in [0, 0.1) is 0 Å². The van der Waals surface area contributed by atoms with Crippen molar-refractivity contribution in [2.45, 2.75) is 32.2 Å². The lowest BCUT2D eigenvalue weighted by atomic mass is 10.3. The molecule has 1 rings (SSSR count). The van der Waals surface area contributed by atoms with E-state index in [2.05, 4.69) is 18.8 Å². The van der Waals surface area contributed by atoms with E-state index in [4.69, 9.17) is 4.74 Å². The fraction of sp³-hybridized carbons (Fsp3) is 0.800. The van der Waals surface area contributed by atoms with Crippen LogP contribution in [-0.2, 0) is 4.74 Å². The third-order valence-electron chi connectivity index (χ3n) is 1.87. The van der Waals surface area contributed by atoms with Crippen LogP contribution in [0.25, 0.3) is 0 Å². The molecule has 1 aliphatic rings. The molecule has 1 N–H and O–H groups in total. The largest absolute Gasteiger partial charge is 0.377 e. The average molecular weight is 169 g/mol. The van der Waals surface area contributed by atoms with E-state index in [1.54, 1.807) is 0 Å². The van der Waals surface area contributed by atoms with Gasteiger partial charge < -0.3 is 10.1 Å². The van der Waals surface area contributed by atoms with E-state index in [0.717, 1.165) is 31.2 Å². The van der Waals surface area contributed by atoms with Gasteiger partial charge in [0, 0.05) is 19.2 Å². The minimum atomic E-state index is 0.716. The molecular formula is C10H19NO. The Morgan fingerprint density at radius 3 is 2.92 bits per heavy atom. The first-order chi connectivity index (χ1) is 5.83. The highest BCUT2D eigenvalue weighted by molar-refractivity contribution is 4.99. The highest BCUT2D eigenvalue weighted by Gasteiger charge is 2.19. The zero-order valence-corrected chi connectivity index (χ0v) is 7.94. The number of hydrogen-bond donors (Lipinski definition) is 1. The molecule has 0 aromatic carbocycles. The first-order valence-electron chi connectivity index (χ1n) is 4.80. The van der Waals surface area contributed by atoms with E-state index in [-0.39, 0.29) is 0 Å². The fourth-order valence-electron chi connectivity index (χ4n) is 0.988. The summed E-state index contributed by atoms with van der Waals surface area (Å²) in [5.74, 6) is 0. The summed E-state index contributed by atoms with van der Waals surface area (Å²) in [6.07, 6.45) is 3.76. The second-order valence-electron chi connectivity index (χ2n) is 3.46. The van der Waals surface area contributed by atoms with Crippen LogP contribution in [0.15, 0.2) is 12.2 Å². The van der Waals surface area contributed by atoms with Crippen LogP contribution < -0.4 is 5.32 Å². The van der Waals surface area contributed by atoms with Crippen molar-refractivity contribution in [3.8, 4) is 0 Å². The van der Waals surface area contributed by atoms with E-state index in [1.165, 1.54) is 12.8 Å². The molecule has 2 nitrogen and oxygen atoms in total. The van der Waals surface area contributed by atoms with Crippen LogP contribution in [-0.4, -0.2) is 25.8 Å². The van der Waals surface area contributed by atoms with Gasteiger partial charge in [0.1, 0.15) is 0 Å². The molecule has 1 fully saturated rings. The molecule has 0 saturated heterocycles. The monoisotopic (exact) mass is 169 g/mol. The number of rotatable bonds is 7. The molecule has 0 aromatic rings. The third-order valence-corrected chi connectivity index (χ3v) is 1.87. The van der Waals surface area contributed by atoms with Gasteiger partial charge in [-0.05, 0) is 24.8 Å². The maximum absolute atomic E-state index is 5.36. The van der Waals surface area contributed by atoms with E-state index in [0.29, 0.717) is 6.61 Å². The minimum Gasteiger partial charge on any atom is -0.377 e. The molecule has 0 aromatic heterocycles. The molecule has 1 aliphatic carbocycles. The lowest BCUT2D eigenvalue weighted by Gasteiger charge is -2.06. The first-order valence-corrected chi connectivity index (χ1v) is 4.80. The van der Waals surface area contributed by atoms with Crippen molar-refractivity contribution in [3.63, 3.8) is 0 Å². The molecule has 0 heterocycles. The summed E-state index contributed by atoms with van der Waals surface area (Å²) in [5, 5.41) is 3.40. The number of hydrogen-bond acceptors (Lipinski definition) is 2. The first kappa shape index (κ1) is 9.75. The van der Waals surface area contributed by atoms with Gasteiger partial charge in [-0.3, -0.25) is 0 Å². The Bertz CT molecular complexity index is 141. The Morgan fingerprint density at radius 1 is 1.58 bits per heavy atom. The SMILES string of the molecule is C=C(CNC1CC1)COCCC. The lowest BCUT2D eigenvalue weighted by Crippen LogP contribution is -2.20. The normalized spacial score (nSPS) is 16.4. The quantitative estimate of drug-likeness (QED) is 0.463. The molecule has 0 spiro atoms. The van der Waals surface area contributed by atoms with Gasteiger partial charge in [-0.1, -0.05) is 13.5 Å². The molecule has 0 unspecified atom stereocenters. The summed E-state index contributed by atoms with van der Waals surface area (Å²) >= 11 is 0. The van der Waals surface area contributed by atoms with E-state index in [9.17, 15) is 0 Å². The van der Waals surface area contributed by atoms with Crippen molar-refractivity contribution in [1.29, 1.82) is 0 Å². The van der Waals surface area contributed by atoms with E-state index < -0.39 is 0 Å². The second kappa shape index (κ2) is 5.33. The highest BCUT2D eigenvalue weighted by Crippen LogP contribution is 2.18. The van der Waals surface area contributed by atoms with Gasteiger partial charge >= 0.3 is 0 Å². The van der Waals surface area contributed by atoms with Gasteiger partial charge in [0.15, 0.2) is 0 Å². The molecule has 70 valence electrons. The molecule has 12 heavy (non-hydrogen) atoms. The van der Waals surface area contributed by atoms with Gasteiger partial charge in [0.05, 0.1) is 6.61 Å². The fourth-order valence-corrected chi connectivity index (χ4v) is 0.988. The Hall–Kier alpha value is -0.340. The predicted molar refractivity (Wildman–Crippen MR) is 51.3 cm³/mol.